The van der Waals surface area contributed by atoms with Crippen molar-refractivity contribution in [2.75, 3.05) is 0 Å². The topological polar surface area (TPSA) is 96.4 Å². The van der Waals surface area contributed by atoms with E-state index in [0.29, 0.717) is 19.3 Å². The van der Waals surface area contributed by atoms with Gasteiger partial charge in [0, 0.05) is 12.2 Å². The second-order valence-corrected chi connectivity index (χ2v) is 6.75. The molecule has 2 N–H and O–H groups in total. The normalized spacial score (nSPS) is 14.6. The molecule has 0 saturated heterocycles. The highest BCUT2D eigenvalue weighted by molar-refractivity contribution is 7.89. The van der Waals surface area contributed by atoms with Gasteiger partial charge in [-0.05, 0) is 25.8 Å². The largest absolute Gasteiger partial charge is 0.481 e. The van der Waals surface area contributed by atoms with Gasteiger partial charge in [-0.2, -0.15) is 0 Å². The lowest BCUT2D eigenvalue weighted by Crippen LogP contribution is -2.32. The molecule has 0 saturated carbocycles. The van der Waals surface area contributed by atoms with E-state index in [1.54, 1.807) is 13.8 Å². The van der Waals surface area contributed by atoms with Crippen LogP contribution in [0.2, 0.25) is 0 Å². The van der Waals surface area contributed by atoms with Crippen molar-refractivity contribution >= 4 is 16.0 Å². The van der Waals surface area contributed by atoms with E-state index >= 15 is 0 Å². The van der Waals surface area contributed by atoms with Gasteiger partial charge in [-0.3, -0.25) is 9.78 Å². The molecule has 0 bridgehead atoms. The van der Waals surface area contributed by atoms with E-state index in [-0.39, 0.29) is 10.9 Å². The first-order valence-electron chi connectivity index (χ1n) is 6.58. The summed E-state index contributed by atoms with van der Waals surface area (Å²) >= 11 is 0. The van der Waals surface area contributed by atoms with Crippen molar-refractivity contribution in [3.05, 3.63) is 24.3 Å². The number of carboxylic acid groups (broad SMARTS) is 1. The van der Waals surface area contributed by atoms with Gasteiger partial charge in [-0.15, -0.1) is 0 Å². The van der Waals surface area contributed by atoms with Crippen molar-refractivity contribution in [3.8, 4) is 0 Å². The molecule has 1 heterocycles. The van der Waals surface area contributed by atoms with Crippen molar-refractivity contribution in [3.63, 3.8) is 0 Å². The zero-order valence-corrected chi connectivity index (χ0v) is 12.7. The van der Waals surface area contributed by atoms with Gasteiger partial charge < -0.3 is 5.11 Å². The third-order valence-corrected chi connectivity index (χ3v) is 4.60. The highest BCUT2D eigenvalue weighted by atomic mass is 32.2. The van der Waals surface area contributed by atoms with Crippen LogP contribution in [0, 0.1) is 11.7 Å². The predicted octanol–water partition coefficient (Wildman–Crippen LogP) is 1.78. The minimum atomic E-state index is -3.82. The van der Waals surface area contributed by atoms with Crippen LogP contribution >= 0.6 is 0 Å². The maximum absolute atomic E-state index is 13.0. The van der Waals surface area contributed by atoms with Crippen LogP contribution < -0.4 is 4.72 Å². The molecule has 21 heavy (non-hydrogen) atoms. The molecule has 6 nitrogen and oxygen atoms in total. The van der Waals surface area contributed by atoms with E-state index in [9.17, 15) is 17.6 Å². The van der Waals surface area contributed by atoms with Gasteiger partial charge in [0.15, 0.2) is 0 Å². The number of nitrogens with one attached hydrogen (secondary N) is 1. The molecular formula is C13H19FN2O4S. The van der Waals surface area contributed by atoms with Gasteiger partial charge in [0.05, 0.1) is 12.1 Å². The molecule has 1 aromatic heterocycles. The summed E-state index contributed by atoms with van der Waals surface area (Å²) < 4.78 is 39.4. The highest BCUT2D eigenvalue weighted by Gasteiger charge is 2.19. The van der Waals surface area contributed by atoms with Crippen LogP contribution in [-0.2, 0) is 14.8 Å². The fourth-order valence-electron chi connectivity index (χ4n) is 1.78. The Morgan fingerprint density at radius 3 is 2.62 bits per heavy atom. The standard InChI is InChI=1S/C13H19FN2O4S/c1-9(13(17)18)4-3-5-10(2)16-21(19,20)12-6-11(14)7-15-8-12/h6-10,16H,3-5H2,1-2H3,(H,17,18). The molecule has 0 fully saturated rings. The lowest BCUT2D eigenvalue weighted by atomic mass is 10.0. The number of carboxylic acids is 1. The fourth-order valence-corrected chi connectivity index (χ4v) is 3.04. The van der Waals surface area contributed by atoms with E-state index in [1.165, 1.54) is 0 Å². The summed E-state index contributed by atoms with van der Waals surface area (Å²) in [6.07, 6.45) is 3.56. The molecule has 0 aliphatic rings. The molecule has 0 radical (unpaired) electrons. The fraction of sp³-hybridized carbons (Fsp3) is 0.538. The Hall–Kier alpha value is -1.54. The Morgan fingerprint density at radius 1 is 1.38 bits per heavy atom. The van der Waals surface area contributed by atoms with Crippen molar-refractivity contribution in [1.29, 1.82) is 0 Å². The van der Waals surface area contributed by atoms with E-state index in [2.05, 4.69) is 9.71 Å². The third kappa shape index (κ3) is 5.76. The smallest absolute Gasteiger partial charge is 0.306 e. The van der Waals surface area contributed by atoms with Crippen molar-refractivity contribution in [2.45, 2.75) is 44.0 Å². The van der Waals surface area contributed by atoms with Gasteiger partial charge in [0.25, 0.3) is 0 Å². The van der Waals surface area contributed by atoms with Gasteiger partial charge in [0.1, 0.15) is 10.7 Å². The van der Waals surface area contributed by atoms with E-state index < -0.39 is 27.7 Å². The molecule has 0 amide bonds. The Kier molecular flexibility index (Phi) is 6.22. The summed E-state index contributed by atoms with van der Waals surface area (Å²) in [6.45, 7) is 3.28. The van der Waals surface area contributed by atoms with Crippen LogP contribution in [-0.4, -0.2) is 30.5 Å². The summed E-state index contributed by atoms with van der Waals surface area (Å²) in [7, 11) is -3.82. The second-order valence-electron chi connectivity index (χ2n) is 5.03. The monoisotopic (exact) mass is 318 g/mol. The van der Waals surface area contributed by atoms with Crippen LogP contribution in [0.15, 0.2) is 23.4 Å². The number of pyridine rings is 1. The average molecular weight is 318 g/mol. The molecule has 1 rings (SSSR count). The molecule has 0 spiro atoms. The van der Waals surface area contributed by atoms with E-state index in [1.807, 2.05) is 0 Å². The van der Waals surface area contributed by atoms with Crippen molar-refractivity contribution in [2.24, 2.45) is 5.92 Å². The van der Waals surface area contributed by atoms with Crippen LogP contribution in [0.5, 0.6) is 0 Å². The lowest BCUT2D eigenvalue weighted by molar-refractivity contribution is -0.141. The van der Waals surface area contributed by atoms with Crippen LogP contribution in [0.1, 0.15) is 33.1 Å². The maximum Gasteiger partial charge on any atom is 0.306 e. The summed E-state index contributed by atoms with van der Waals surface area (Å²) in [6, 6.07) is 0.522. The summed E-state index contributed by atoms with van der Waals surface area (Å²) in [5.41, 5.74) is 0. The molecule has 118 valence electrons. The number of rotatable bonds is 8. The molecule has 8 heteroatoms. The van der Waals surface area contributed by atoms with Crippen molar-refractivity contribution in [1.82, 2.24) is 9.71 Å². The summed E-state index contributed by atoms with van der Waals surface area (Å²) in [4.78, 5) is 13.9. The number of sulfonamides is 1. The molecular weight excluding hydrogens is 299 g/mol. The highest BCUT2D eigenvalue weighted by Crippen LogP contribution is 2.13. The number of hydrogen-bond acceptors (Lipinski definition) is 4. The third-order valence-electron chi connectivity index (χ3n) is 3.04. The van der Waals surface area contributed by atoms with Crippen LogP contribution in [0.25, 0.3) is 0 Å². The zero-order chi connectivity index (χ0) is 16.0. The summed E-state index contributed by atoms with van der Waals surface area (Å²) in [5.74, 6) is -2.05. The first-order chi connectivity index (χ1) is 9.72. The Bertz CT molecular complexity index is 592. The lowest BCUT2D eigenvalue weighted by Gasteiger charge is -2.14. The van der Waals surface area contributed by atoms with Gasteiger partial charge in [0.2, 0.25) is 10.0 Å². The number of nitrogens with zero attached hydrogens (tertiary/aromatic N) is 1. The molecule has 1 aromatic rings. The van der Waals surface area contributed by atoms with Crippen LogP contribution in [0.4, 0.5) is 4.39 Å². The van der Waals surface area contributed by atoms with Crippen LogP contribution in [0.3, 0.4) is 0 Å². The predicted molar refractivity (Wildman–Crippen MR) is 74.6 cm³/mol. The SMILES string of the molecule is CC(CCCC(C)C(=O)O)NS(=O)(=O)c1cncc(F)c1. The van der Waals surface area contributed by atoms with E-state index in [4.69, 9.17) is 5.11 Å². The second kappa shape index (κ2) is 7.46. The Labute approximate surface area is 123 Å². The molecule has 2 atom stereocenters. The molecule has 2 unspecified atom stereocenters. The minimum absolute atomic E-state index is 0.228. The van der Waals surface area contributed by atoms with Crippen molar-refractivity contribution < 1.29 is 22.7 Å². The zero-order valence-electron chi connectivity index (χ0n) is 11.9. The number of aliphatic carboxylic acids is 1. The minimum Gasteiger partial charge on any atom is -0.481 e. The number of carbonyl (C=O) groups is 1. The first-order valence-corrected chi connectivity index (χ1v) is 8.06. The molecule has 0 aliphatic carbocycles. The van der Waals surface area contributed by atoms with Gasteiger partial charge in [-0.1, -0.05) is 13.3 Å². The maximum atomic E-state index is 13.0. The van der Waals surface area contributed by atoms with Gasteiger partial charge in [-0.25, -0.2) is 17.5 Å². The first kappa shape index (κ1) is 17.5. The Balaban J connectivity index is 2.54. The van der Waals surface area contributed by atoms with E-state index in [0.717, 1.165) is 18.5 Å². The quantitative estimate of drug-likeness (QED) is 0.761. The Morgan fingerprint density at radius 2 is 2.05 bits per heavy atom. The molecule has 0 aliphatic heterocycles. The average Bonchev–Trinajstić information content (AvgIpc) is 2.37. The molecule has 0 aromatic carbocycles. The number of halogens is 1. The van der Waals surface area contributed by atoms with Gasteiger partial charge >= 0.3 is 5.97 Å². The number of aromatic nitrogens is 1. The number of hydrogen-bond donors (Lipinski definition) is 2. The summed E-state index contributed by atoms with van der Waals surface area (Å²) in [5, 5.41) is 8.75.